The fourth-order valence-corrected chi connectivity index (χ4v) is 8.27. The molecule has 0 spiro atoms. The van der Waals surface area contributed by atoms with E-state index < -0.39 is 6.86 Å². The van der Waals surface area contributed by atoms with Crippen LogP contribution in [-0.4, -0.2) is 11.9 Å². The third-order valence-electron chi connectivity index (χ3n) is 9.06. The van der Waals surface area contributed by atoms with Crippen molar-refractivity contribution >= 4 is 17.3 Å². The average Bonchev–Trinajstić information content (AvgIpc) is 2.92. The Morgan fingerprint density at radius 2 is 1.75 bits per heavy atom. The summed E-state index contributed by atoms with van der Waals surface area (Å²) < 4.78 is 17.8. The highest BCUT2D eigenvalue weighted by Crippen LogP contribution is 2.67. The summed E-state index contributed by atoms with van der Waals surface area (Å²) in [5, 5.41) is 0.554. The van der Waals surface area contributed by atoms with Crippen molar-refractivity contribution in [3.05, 3.63) is 0 Å². The number of rotatable bonds is 2. The van der Waals surface area contributed by atoms with Gasteiger partial charge in [0.15, 0.2) is 5.05 Å². The lowest BCUT2D eigenvalue weighted by Crippen LogP contribution is -2.53. The first-order chi connectivity index (χ1) is 11.5. The van der Waals surface area contributed by atoms with E-state index in [1.807, 2.05) is 0 Å². The Labute approximate surface area is 152 Å². The molecule has 4 rings (SSSR count). The molecular weight excluding hydrogens is 319 g/mol. The van der Waals surface area contributed by atoms with Gasteiger partial charge in [0, 0.05) is 5.92 Å². The van der Waals surface area contributed by atoms with E-state index in [9.17, 15) is 4.39 Å². The van der Waals surface area contributed by atoms with E-state index in [4.69, 9.17) is 17.0 Å². The molecule has 1 nitrogen and oxygen atoms in total. The normalized spacial score (nSPS) is 50.5. The van der Waals surface area contributed by atoms with Crippen molar-refractivity contribution in [1.82, 2.24) is 0 Å². The van der Waals surface area contributed by atoms with Crippen molar-refractivity contribution in [3.8, 4) is 0 Å². The molecule has 2 unspecified atom stereocenters. The Bertz CT molecular complexity index is 508. The molecule has 0 bridgehead atoms. The van der Waals surface area contributed by atoms with Crippen LogP contribution in [0.2, 0.25) is 0 Å². The van der Waals surface area contributed by atoms with Gasteiger partial charge in [0.1, 0.15) is 0 Å². The molecule has 3 heteroatoms. The first kappa shape index (κ1) is 17.2. The molecule has 0 radical (unpaired) electrons. The van der Waals surface area contributed by atoms with E-state index >= 15 is 0 Å². The van der Waals surface area contributed by atoms with Crippen molar-refractivity contribution in [2.45, 2.75) is 78.1 Å². The van der Waals surface area contributed by atoms with Gasteiger partial charge in [-0.05, 0) is 98.1 Å². The molecule has 0 heterocycles. The van der Waals surface area contributed by atoms with Crippen LogP contribution in [0.15, 0.2) is 0 Å². The number of hydrogen-bond acceptors (Lipinski definition) is 2. The quantitative estimate of drug-likeness (QED) is 0.539. The van der Waals surface area contributed by atoms with Gasteiger partial charge < -0.3 is 4.74 Å². The lowest BCUT2D eigenvalue weighted by atomic mass is 9.45. The first-order valence-corrected chi connectivity index (χ1v) is 10.6. The second kappa shape index (κ2) is 6.21. The van der Waals surface area contributed by atoms with Crippen LogP contribution >= 0.6 is 12.2 Å². The monoisotopic (exact) mass is 352 g/mol. The maximum absolute atomic E-state index is 12.6. The second-order valence-corrected chi connectivity index (χ2v) is 10.1. The third kappa shape index (κ3) is 2.40. The molecule has 4 aliphatic rings. The molecule has 0 aromatic heterocycles. The molecule has 0 aromatic rings. The summed E-state index contributed by atoms with van der Waals surface area (Å²) in [7, 11) is 0. The van der Waals surface area contributed by atoms with Crippen LogP contribution in [0.5, 0.6) is 0 Å². The summed E-state index contributed by atoms with van der Waals surface area (Å²) in [6.07, 6.45) is 13.7. The predicted molar refractivity (Wildman–Crippen MR) is 99.5 cm³/mol. The van der Waals surface area contributed by atoms with Crippen molar-refractivity contribution < 1.29 is 9.13 Å². The number of alkyl halides is 1. The summed E-state index contributed by atoms with van der Waals surface area (Å²) in [4.78, 5) is 0. The summed E-state index contributed by atoms with van der Waals surface area (Å²) in [5.74, 6) is 3.85. The topological polar surface area (TPSA) is 9.23 Å². The van der Waals surface area contributed by atoms with Gasteiger partial charge in [-0.1, -0.05) is 26.7 Å². The summed E-state index contributed by atoms with van der Waals surface area (Å²) in [6, 6.07) is 0. The maximum Gasteiger partial charge on any atom is 0.229 e. The largest absolute Gasteiger partial charge is 0.456 e. The summed E-state index contributed by atoms with van der Waals surface area (Å²) in [5.41, 5.74) is 0.849. The Morgan fingerprint density at radius 1 is 0.958 bits per heavy atom. The van der Waals surface area contributed by atoms with Gasteiger partial charge in [-0.25, -0.2) is 4.39 Å². The number of ether oxygens (including phenoxy) is 1. The molecule has 7 atom stereocenters. The molecular formula is C21H33FOS. The summed E-state index contributed by atoms with van der Waals surface area (Å²) >= 11 is 5.45. The number of hydrogen-bond donors (Lipinski definition) is 0. The maximum atomic E-state index is 12.6. The number of thiocarbonyl (C=S) groups is 1. The zero-order chi connectivity index (χ0) is 16.9. The second-order valence-electron chi connectivity index (χ2n) is 9.65. The Morgan fingerprint density at radius 3 is 2.54 bits per heavy atom. The molecule has 4 saturated carbocycles. The van der Waals surface area contributed by atoms with Gasteiger partial charge in [0.05, 0.1) is 0 Å². The van der Waals surface area contributed by atoms with E-state index in [-0.39, 0.29) is 5.41 Å². The van der Waals surface area contributed by atoms with Gasteiger partial charge >= 0.3 is 0 Å². The van der Waals surface area contributed by atoms with Crippen LogP contribution in [0.25, 0.3) is 0 Å². The lowest BCUT2D eigenvalue weighted by molar-refractivity contribution is -0.107. The predicted octanol–water partition coefficient (Wildman–Crippen LogP) is 6.31. The van der Waals surface area contributed by atoms with Crippen LogP contribution in [0.3, 0.4) is 0 Å². The molecule has 24 heavy (non-hydrogen) atoms. The Kier molecular flexibility index (Phi) is 4.46. The van der Waals surface area contributed by atoms with Crippen LogP contribution in [0, 0.1) is 40.4 Å². The van der Waals surface area contributed by atoms with Gasteiger partial charge in [-0.3, -0.25) is 0 Å². The average molecular weight is 353 g/mol. The number of fused-ring (bicyclic) bond motifs is 5. The highest BCUT2D eigenvalue weighted by Gasteiger charge is 2.60. The van der Waals surface area contributed by atoms with Gasteiger partial charge in [-0.2, -0.15) is 0 Å². The fourth-order valence-electron chi connectivity index (χ4n) is 7.84. The molecule has 0 aromatic carbocycles. The lowest BCUT2D eigenvalue weighted by Gasteiger charge is -2.60. The zero-order valence-corrected chi connectivity index (χ0v) is 16.2. The molecule has 0 aliphatic heterocycles. The molecule has 136 valence electrons. The van der Waals surface area contributed by atoms with E-state index in [0.29, 0.717) is 16.4 Å². The van der Waals surface area contributed by atoms with Crippen molar-refractivity contribution in [3.63, 3.8) is 0 Å². The zero-order valence-electron chi connectivity index (χ0n) is 15.4. The molecule has 4 aliphatic carbocycles. The minimum absolute atomic E-state index is 0.255. The van der Waals surface area contributed by atoms with Crippen molar-refractivity contribution in [1.29, 1.82) is 0 Å². The van der Waals surface area contributed by atoms with Crippen molar-refractivity contribution in [2.75, 3.05) is 6.86 Å². The van der Waals surface area contributed by atoms with Gasteiger partial charge in [-0.15, -0.1) is 0 Å². The highest BCUT2D eigenvalue weighted by atomic mass is 32.1. The number of halogens is 1. The molecule has 0 N–H and O–H groups in total. The standard InChI is InChI=1S/C21H33FOS/c1-20-11-4-3-5-14(20)6-7-15-16-8-9-18(19(24)23-13-22)21(16,2)12-10-17(15)20/h14-18H,3-13H2,1-2H3/t14?,15-,16-,17-,18?,20-,21-/m0/s1. The van der Waals surface area contributed by atoms with Crippen LogP contribution in [0.4, 0.5) is 4.39 Å². The fraction of sp³-hybridized carbons (Fsp3) is 0.952. The molecule has 0 saturated heterocycles. The van der Waals surface area contributed by atoms with Crippen LogP contribution in [-0.2, 0) is 4.74 Å². The van der Waals surface area contributed by atoms with E-state index in [1.165, 1.54) is 57.8 Å². The minimum Gasteiger partial charge on any atom is -0.456 e. The van der Waals surface area contributed by atoms with E-state index in [2.05, 4.69) is 13.8 Å². The SMILES string of the molecule is C[C@]12CCCCC1CC[C@@H]1[C@@H]2CC[C@]2(C)C(C(=S)OCF)CC[C@@H]12. The van der Waals surface area contributed by atoms with Gasteiger partial charge in [0.2, 0.25) is 6.86 Å². The Balaban J connectivity index is 1.58. The highest BCUT2D eigenvalue weighted by molar-refractivity contribution is 7.80. The van der Waals surface area contributed by atoms with Crippen LogP contribution < -0.4 is 0 Å². The first-order valence-electron chi connectivity index (χ1n) is 10.2. The molecule has 4 fully saturated rings. The van der Waals surface area contributed by atoms with E-state index in [0.717, 1.165) is 30.1 Å². The summed E-state index contributed by atoms with van der Waals surface area (Å²) in [6.45, 7) is 4.30. The Hall–Kier alpha value is -0.180. The molecule has 0 amide bonds. The van der Waals surface area contributed by atoms with E-state index in [1.54, 1.807) is 0 Å². The minimum atomic E-state index is -0.762. The third-order valence-corrected chi connectivity index (χ3v) is 9.47. The van der Waals surface area contributed by atoms with Gasteiger partial charge in [0.25, 0.3) is 0 Å². The van der Waals surface area contributed by atoms with Crippen molar-refractivity contribution in [2.24, 2.45) is 40.4 Å². The smallest absolute Gasteiger partial charge is 0.229 e. The van der Waals surface area contributed by atoms with Crippen LogP contribution in [0.1, 0.15) is 78.1 Å².